The van der Waals surface area contributed by atoms with Gasteiger partial charge in [0.15, 0.2) is 11.5 Å². The fourth-order valence-corrected chi connectivity index (χ4v) is 3.45. The van der Waals surface area contributed by atoms with Crippen LogP contribution in [0.3, 0.4) is 0 Å². The summed E-state index contributed by atoms with van der Waals surface area (Å²) in [5.74, 6) is 1.38. The summed E-state index contributed by atoms with van der Waals surface area (Å²) in [6.07, 6.45) is 0.841. The van der Waals surface area contributed by atoms with Crippen molar-refractivity contribution in [2.24, 2.45) is 0 Å². The van der Waals surface area contributed by atoms with Crippen LogP contribution in [0.4, 0.5) is 0 Å². The molecular formula is C14H15NO4S. The Morgan fingerprint density at radius 1 is 1.40 bits per heavy atom. The van der Waals surface area contributed by atoms with Gasteiger partial charge in [0.2, 0.25) is 0 Å². The van der Waals surface area contributed by atoms with Gasteiger partial charge >= 0.3 is 0 Å². The summed E-state index contributed by atoms with van der Waals surface area (Å²) in [5, 5.41) is 2.29. The molecule has 3 rings (SSSR count). The molecule has 0 radical (unpaired) electrons. The molecule has 1 aliphatic rings. The number of rotatable bonds is 3. The summed E-state index contributed by atoms with van der Waals surface area (Å²) in [4.78, 5) is 17.7. The topological polar surface area (TPSA) is 48.0 Å². The molecule has 1 aromatic carbocycles. The molecule has 20 heavy (non-hydrogen) atoms. The largest absolute Gasteiger partial charge is 0.493 e. The number of hydrogen-bond acceptors (Lipinski definition) is 5. The van der Waals surface area contributed by atoms with Crippen LogP contribution in [0.25, 0.3) is 10.1 Å². The molecule has 0 aliphatic carbocycles. The Balaban J connectivity index is 2.14. The Morgan fingerprint density at radius 3 is 2.90 bits per heavy atom. The van der Waals surface area contributed by atoms with E-state index in [4.69, 9.17) is 14.3 Å². The first-order chi connectivity index (χ1) is 9.65. The van der Waals surface area contributed by atoms with E-state index < -0.39 is 0 Å². The van der Waals surface area contributed by atoms with Crippen molar-refractivity contribution < 1.29 is 19.1 Å². The minimum absolute atomic E-state index is 0.152. The highest BCUT2D eigenvalue weighted by Crippen LogP contribution is 2.43. The second-order valence-corrected chi connectivity index (χ2v) is 5.58. The molecule has 1 amide bonds. The summed E-state index contributed by atoms with van der Waals surface area (Å²) < 4.78 is 12.0. The summed E-state index contributed by atoms with van der Waals surface area (Å²) in [5.41, 5.74) is 1.12. The van der Waals surface area contributed by atoms with E-state index in [9.17, 15) is 4.79 Å². The van der Waals surface area contributed by atoms with Crippen molar-refractivity contribution >= 4 is 27.3 Å². The van der Waals surface area contributed by atoms with Crippen molar-refractivity contribution in [3.05, 3.63) is 22.6 Å². The highest BCUT2D eigenvalue weighted by molar-refractivity contribution is 7.20. The van der Waals surface area contributed by atoms with E-state index in [1.54, 1.807) is 14.2 Å². The molecule has 0 spiro atoms. The molecule has 2 aromatic rings. The molecule has 0 saturated carbocycles. The van der Waals surface area contributed by atoms with Gasteiger partial charge in [0.1, 0.15) is 0 Å². The van der Waals surface area contributed by atoms with Gasteiger partial charge in [-0.25, -0.2) is 5.06 Å². The summed E-state index contributed by atoms with van der Waals surface area (Å²) >= 11 is 1.44. The summed E-state index contributed by atoms with van der Waals surface area (Å²) in [6, 6.07) is 3.83. The lowest BCUT2D eigenvalue weighted by Gasteiger charge is -2.11. The van der Waals surface area contributed by atoms with Crippen molar-refractivity contribution in [3.63, 3.8) is 0 Å². The number of carbonyl (C=O) groups is 1. The third kappa shape index (κ3) is 1.92. The van der Waals surface area contributed by atoms with Gasteiger partial charge in [-0.05, 0) is 6.07 Å². The van der Waals surface area contributed by atoms with Crippen LogP contribution in [-0.2, 0) is 11.3 Å². The Hall–Kier alpha value is -1.79. The molecule has 0 fully saturated rings. The molecule has 0 bridgehead atoms. The van der Waals surface area contributed by atoms with Crippen molar-refractivity contribution in [2.45, 2.75) is 6.42 Å². The van der Waals surface area contributed by atoms with Crippen LogP contribution < -0.4 is 9.47 Å². The van der Waals surface area contributed by atoms with Crippen molar-refractivity contribution in [1.82, 2.24) is 5.06 Å². The maximum Gasteiger partial charge on any atom is 0.287 e. The van der Waals surface area contributed by atoms with Crippen molar-refractivity contribution in [3.8, 4) is 11.5 Å². The number of thiophene rings is 1. The molecule has 106 valence electrons. The van der Waals surface area contributed by atoms with Crippen LogP contribution in [0, 0.1) is 0 Å². The Morgan fingerprint density at radius 2 is 2.20 bits per heavy atom. The highest BCUT2D eigenvalue weighted by atomic mass is 32.1. The van der Waals surface area contributed by atoms with Crippen molar-refractivity contribution in [1.29, 1.82) is 0 Å². The number of methoxy groups -OCH3 is 1. The predicted octanol–water partition coefficient (Wildman–Crippen LogP) is 2.48. The zero-order chi connectivity index (χ0) is 14.3. The molecule has 0 N–H and O–H groups in total. The molecular weight excluding hydrogens is 278 g/mol. The van der Waals surface area contributed by atoms with E-state index in [1.807, 2.05) is 12.1 Å². The first kappa shape index (κ1) is 13.2. The number of amides is 1. The minimum Gasteiger partial charge on any atom is -0.493 e. The Kier molecular flexibility index (Phi) is 3.27. The first-order valence-corrected chi connectivity index (χ1v) is 7.05. The molecule has 1 aliphatic heterocycles. The third-order valence-corrected chi connectivity index (χ3v) is 4.51. The number of ether oxygens (including phenoxy) is 2. The Bertz CT molecular complexity index is 679. The van der Waals surface area contributed by atoms with Gasteiger partial charge < -0.3 is 9.47 Å². The lowest BCUT2D eigenvalue weighted by Crippen LogP contribution is -2.24. The molecule has 5 nitrogen and oxygen atoms in total. The second-order valence-electron chi connectivity index (χ2n) is 4.49. The van der Waals surface area contributed by atoms with E-state index in [0.717, 1.165) is 33.6 Å². The van der Waals surface area contributed by atoms with Crippen LogP contribution >= 0.6 is 11.3 Å². The normalized spacial score (nSPS) is 13.2. The van der Waals surface area contributed by atoms with Crippen molar-refractivity contribution in [2.75, 3.05) is 27.9 Å². The maximum atomic E-state index is 12.1. The van der Waals surface area contributed by atoms with Gasteiger partial charge in [-0.2, -0.15) is 0 Å². The van der Waals surface area contributed by atoms with Gasteiger partial charge in [-0.15, -0.1) is 11.3 Å². The molecule has 0 atom stereocenters. The first-order valence-electron chi connectivity index (χ1n) is 6.24. The zero-order valence-corrected chi connectivity index (χ0v) is 12.4. The maximum absolute atomic E-state index is 12.1. The number of fused-ring (bicyclic) bond motifs is 3. The van der Waals surface area contributed by atoms with E-state index in [2.05, 4.69) is 0 Å². The number of hydroxylamine groups is 2. The van der Waals surface area contributed by atoms with Crippen LogP contribution in [0.1, 0.15) is 15.2 Å². The van der Waals surface area contributed by atoms with Crippen LogP contribution in [0.2, 0.25) is 0 Å². The monoisotopic (exact) mass is 293 g/mol. The molecule has 1 aromatic heterocycles. The van der Waals surface area contributed by atoms with Crippen LogP contribution in [0.5, 0.6) is 11.5 Å². The van der Waals surface area contributed by atoms with E-state index in [-0.39, 0.29) is 5.91 Å². The summed E-state index contributed by atoms with van der Waals surface area (Å²) in [6.45, 7) is 0.655. The lowest BCUT2D eigenvalue weighted by molar-refractivity contribution is -0.0753. The predicted molar refractivity (Wildman–Crippen MR) is 76.7 cm³/mol. The minimum atomic E-state index is -0.152. The van der Waals surface area contributed by atoms with Gasteiger partial charge in [-0.1, -0.05) is 0 Å². The fourth-order valence-electron chi connectivity index (χ4n) is 2.36. The number of benzene rings is 1. The Labute approximate surface area is 120 Å². The quantitative estimate of drug-likeness (QED) is 0.816. The summed E-state index contributed by atoms with van der Waals surface area (Å²) in [7, 11) is 4.70. The highest BCUT2D eigenvalue weighted by Gasteiger charge is 2.24. The van der Waals surface area contributed by atoms with E-state index in [1.165, 1.54) is 23.5 Å². The molecule has 2 heterocycles. The average Bonchev–Trinajstić information content (AvgIpc) is 3.09. The van der Waals surface area contributed by atoms with Crippen LogP contribution in [-0.4, -0.2) is 38.8 Å². The fraction of sp³-hybridized carbons (Fsp3) is 0.357. The lowest BCUT2D eigenvalue weighted by atomic mass is 10.1. The number of hydrogen-bond donors (Lipinski definition) is 0. The van der Waals surface area contributed by atoms with E-state index >= 15 is 0 Å². The number of carbonyl (C=O) groups excluding carboxylic acids is 1. The van der Waals surface area contributed by atoms with Gasteiger partial charge in [0.05, 0.1) is 25.7 Å². The van der Waals surface area contributed by atoms with Gasteiger partial charge in [0.25, 0.3) is 5.91 Å². The average molecular weight is 293 g/mol. The smallest absolute Gasteiger partial charge is 0.287 e. The van der Waals surface area contributed by atoms with Crippen LogP contribution in [0.15, 0.2) is 12.1 Å². The third-order valence-electron chi connectivity index (χ3n) is 3.44. The van der Waals surface area contributed by atoms with E-state index in [0.29, 0.717) is 11.5 Å². The standard InChI is InChI=1S/C14H15NO4S/c1-15(18-3)14(16)12-6-9-8-4-5-19-13(8)10(17-2)7-11(9)20-12/h6-7H,4-5H2,1-3H3. The zero-order valence-electron chi connectivity index (χ0n) is 11.6. The molecule has 0 unspecified atom stereocenters. The molecule has 0 saturated heterocycles. The van der Waals surface area contributed by atoms with Gasteiger partial charge in [-0.3, -0.25) is 9.63 Å². The number of nitrogens with zero attached hydrogens (tertiary/aromatic N) is 1. The second kappa shape index (κ2) is 4.96. The molecule has 6 heteroatoms. The SMILES string of the molecule is COc1cc2sc(C(=O)N(C)OC)cc2c2c1OCC2. The van der Waals surface area contributed by atoms with Gasteiger partial charge in [0, 0.05) is 35.2 Å².